The number of aryl methyl sites for hydroxylation is 1. The Kier molecular flexibility index (Phi) is 11.4. The van der Waals surface area contributed by atoms with Crippen molar-refractivity contribution in [2.75, 3.05) is 37.5 Å². The summed E-state index contributed by atoms with van der Waals surface area (Å²) in [5.74, 6) is 0.0715. The molecule has 0 saturated heterocycles. The summed E-state index contributed by atoms with van der Waals surface area (Å²) in [6, 6.07) is 16.8. The Morgan fingerprint density at radius 1 is 1.00 bits per heavy atom. The van der Waals surface area contributed by atoms with Crippen molar-refractivity contribution in [3.63, 3.8) is 0 Å². The molecule has 276 valence electrons. The van der Waals surface area contributed by atoms with Gasteiger partial charge < -0.3 is 19.1 Å². The van der Waals surface area contributed by atoms with E-state index in [-0.39, 0.29) is 23.3 Å². The molecule has 0 radical (unpaired) electrons. The second-order valence-electron chi connectivity index (χ2n) is 14.7. The molecule has 0 aromatic heterocycles. The maximum Gasteiger partial charge on any atom is 0.286 e. The zero-order chi connectivity index (χ0) is 36.2. The van der Waals surface area contributed by atoms with Crippen LogP contribution in [0.5, 0.6) is 5.75 Å². The number of carbonyl (C=O) groups excluding carboxylic acids is 2. The molecular formula is C41H48ClN3O6S. The SMILES string of the molecule is CO[C@H]1/C=C/C[C@H](C)CS(=O)(NC(=O)c2ccc3c(c2)CCOC3)=NC(=O)c2ccc3c(c2)N(Cc2ccc(Cl)cc2CCCCO3)C[C@@H]2CC[C@H]21. The molecule has 2 amide bonds. The number of ether oxygens (including phenoxy) is 3. The number of halogens is 1. The lowest BCUT2D eigenvalue weighted by molar-refractivity contribution is 0.0133. The Labute approximate surface area is 312 Å². The predicted octanol–water partition coefficient (Wildman–Crippen LogP) is 7.72. The van der Waals surface area contributed by atoms with E-state index in [1.165, 1.54) is 11.1 Å². The van der Waals surface area contributed by atoms with E-state index in [4.69, 9.17) is 25.8 Å². The highest BCUT2D eigenvalue weighted by molar-refractivity contribution is 7.92. The van der Waals surface area contributed by atoms with Gasteiger partial charge in [-0.15, -0.1) is 4.36 Å². The van der Waals surface area contributed by atoms with Gasteiger partial charge in [0.15, 0.2) is 0 Å². The van der Waals surface area contributed by atoms with Gasteiger partial charge in [-0.2, -0.15) is 0 Å². The third kappa shape index (κ3) is 8.41. The van der Waals surface area contributed by atoms with Crippen molar-refractivity contribution in [1.29, 1.82) is 0 Å². The predicted molar refractivity (Wildman–Crippen MR) is 204 cm³/mol. The molecule has 1 aliphatic carbocycles. The lowest BCUT2D eigenvalue weighted by Crippen LogP contribution is -2.43. The van der Waals surface area contributed by atoms with Crippen molar-refractivity contribution in [3.8, 4) is 5.75 Å². The minimum absolute atomic E-state index is 0.0107. The zero-order valence-corrected chi connectivity index (χ0v) is 31.6. The number of nitrogens with one attached hydrogen (secondary N) is 1. The highest BCUT2D eigenvalue weighted by atomic mass is 35.5. The minimum atomic E-state index is -3.54. The molecule has 1 saturated carbocycles. The molecule has 4 aliphatic rings. The number of nitrogens with zero attached hydrogens (tertiary/aromatic N) is 2. The molecule has 0 spiro atoms. The summed E-state index contributed by atoms with van der Waals surface area (Å²) in [5, 5.41) is 0.716. The van der Waals surface area contributed by atoms with E-state index in [0.29, 0.717) is 67.4 Å². The standard InChI is InChI=1S/C41H48ClN3O6S/c1-27-6-5-8-38(49-2)36-15-12-33(36)24-45-23-32-11-14-35(42)21-28(32)7-3-4-18-51-39-16-13-31(22-37(39)45)41(47)44-52(48,26-27)43-40(46)30-9-10-34-25-50-19-17-29(34)20-30/h5,8-11,13-14,16,20-22,27,33,36,38H,3-4,6-7,12,15,17-19,23-26H2,1-2H3,(H,43,44,46,47,48)/b8-5+/t27-,33-,36+,38-,52?/m0/s1. The van der Waals surface area contributed by atoms with Crippen LogP contribution in [0.1, 0.15) is 82.0 Å². The zero-order valence-electron chi connectivity index (χ0n) is 30.0. The van der Waals surface area contributed by atoms with E-state index >= 15 is 0 Å². The molecule has 1 N–H and O–H groups in total. The van der Waals surface area contributed by atoms with Crippen LogP contribution in [0.3, 0.4) is 0 Å². The number of amides is 2. The third-order valence-corrected chi connectivity index (χ3v) is 13.1. The number of hydrogen-bond donors (Lipinski definition) is 1. The van der Waals surface area contributed by atoms with E-state index in [9.17, 15) is 13.8 Å². The second kappa shape index (κ2) is 16.1. The molecule has 9 nitrogen and oxygen atoms in total. The number of hydrogen-bond acceptors (Lipinski definition) is 7. The summed E-state index contributed by atoms with van der Waals surface area (Å²) in [4.78, 5) is 30.1. The lowest BCUT2D eigenvalue weighted by Gasteiger charge is -2.43. The lowest BCUT2D eigenvalue weighted by atomic mass is 9.70. The summed E-state index contributed by atoms with van der Waals surface area (Å²) < 4.78 is 39.7. The van der Waals surface area contributed by atoms with Gasteiger partial charge in [-0.25, -0.2) is 4.21 Å². The van der Waals surface area contributed by atoms with Gasteiger partial charge in [0.1, 0.15) is 15.7 Å². The van der Waals surface area contributed by atoms with Gasteiger partial charge in [0.2, 0.25) is 0 Å². The number of benzene rings is 3. The smallest absolute Gasteiger partial charge is 0.286 e. The number of rotatable bonds is 3. The summed E-state index contributed by atoms with van der Waals surface area (Å²) in [7, 11) is -1.78. The molecule has 52 heavy (non-hydrogen) atoms. The van der Waals surface area contributed by atoms with Gasteiger partial charge >= 0.3 is 0 Å². The maximum atomic E-state index is 14.7. The van der Waals surface area contributed by atoms with Crippen molar-refractivity contribution < 1.29 is 28.0 Å². The van der Waals surface area contributed by atoms with Crippen LogP contribution < -0.4 is 14.4 Å². The average molecular weight is 746 g/mol. The van der Waals surface area contributed by atoms with Gasteiger partial charge in [0.25, 0.3) is 11.8 Å². The number of methoxy groups -OCH3 is 1. The van der Waals surface area contributed by atoms with E-state index in [1.807, 2.05) is 37.3 Å². The molecule has 2 bridgehead atoms. The minimum Gasteiger partial charge on any atom is -0.491 e. The first-order valence-electron chi connectivity index (χ1n) is 18.5. The summed E-state index contributed by atoms with van der Waals surface area (Å²) in [5.41, 5.74) is 5.90. The Morgan fingerprint density at radius 2 is 1.85 bits per heavy atom. The number of carbonyl (C=O) groups is 2. The first-order valence-corrected chi connectivity index (χ1v) is 20.5. The van der Waals surface area contributed by atoms with Crippen LogP contribution in [0.15, 0.2) is 71.1 Å². The van der Waals surface area contributed by atoms with Crippen molar-refractivity contribution in [2.24, 2.45) is 22.1 Å². The third-order valence-electron chi connectivity index (χ3n) is 10.9. The van der Waals surface area contributed by atoms with Crippen LogP contribution in [0.2, 0.25) is 5.02 Å². The van der Waals surface area contributed by atoms with Gasteiger partial charge in [-0.3, -0.25) is 14.3 Å². The van der Waals surface area contributed by atoms with Crippen molar-refractivity contribution in [3.05, 3.63) is 105 Å². The topological polar surface area (TPSA) is 107 Å². The molecule has 3 aromatic rings. The van der Waals surface area contributed by atoms with Gasteiger partial charge in [-0.1, -0.05) is 42.8 Å². The Balaban J connectivity index is 1.30. The van der Waals surface area contributed by atoms with Crippen LogP contribution in [0.4, 0.5) is 5.69 Å². The summed E-state index contributed by atoms with van der Waals surface area (Å²) in [6.45, 7) is 4.92. The quantitative estimate of drug-likeness (QED) is 0.274. The Morgan fingerprint density at radius 3 is 2.67 bits per heavy atom. The van der Waals surface area contributed by atoms with E-state index < -0.39 is 21.7 Å². The number of fused-ring (bicyclic) bond motifs is 4. The molecule has 1 unspecified atom stereocenters. The molecule has 11 heteroatoms. The normalized spacial score (nSPS) is 27.2. The molecule has 7 rings (SSSR count). The van der Waals surface area contributed by atoms with E-state index in [2.05, 4.69) is 38.3 Å². The maximum absolute atomic E-state index is 14.7. The van der Waals surface area contributed by atoms with Crippen molar-refractivity contribution in [2.45, 2.75) is 71.1 Å². The van der Waals surface area contributed by atoms with Crippen LogP contribution in [-0.4, -0.2) is 54.7 Å². The fourth-order valence-corrected chi connectivity index (χ4v) is 9.97. The first kappa shape index (κ1) is 36.6. The molecule has 5 atom stereocenters. The highest BCUT2D eigenvalue weighted by Gasteiger charge is 2.38. The van der Waals surface area contributed by atoms with Gasteiger partial charge in [0.05, 0.1) is 37.4 Å². The first-order chi connectivity index (χ1) is 25.2. The molecule has 3 heterocycles. The fraction of sp³-hybridized carbons (Fsp3) is 0.463. The summed E-state index contributed by atoms with van der Waals surface area (Å²) in [6.07, 6.45) is 10.3. The Bertz CT molecular complexity index is 1970. The molecule has 3 aromatic carbocycles. The van der Waals surface area contributed by atoms with Crippen LogP contribution in [0.25, 0.3) is 0 Å². The van der Waals surface area contributed by atoms with Crippen LogP contribution in [-0.2, 0) is 45.4 Å². The molecule has 3 aliphatic heterocycles. The monoisotopic (exact) mass is 745 g/mol. The van der Waals surface area contributed by atoms with Gasteiger partial charge in [0, 0.05) is 36.3 Å². The number of allylic oxidation sites excluding steroid dienone is 1. The largest absolute Gasteiger partial charge is 0.491 e. The van der Waals surface area contributed by atoms with Crippen LogP contribution >= 0.6 is 11.6 Å². The van der Waals surface area contributed by atoms with E-state index in [0.717, 1.165) is 55.5 Å². The van der Waals surface area contributed by atoms with Gasteiger partial charge in [-0.05, 0) is 127 Å². The molecule has 1 fully saturated rings. The molecular weight excluding hydrogens is 698 g/mol. The van der Waals surface area contributed by atoms with Crippen LogP contribution in [0, 0.1) is 17.8 Å². The summed E-state index contributed by atoms with van der Waals surface area (Å²) >= 11 is 6.48. The second-order valence-corrected chi connectivity index (χ2v) is 17.1. The number of anilines is 1. The van der Waals surface area contributed by atoms with Crippen molar-refractivity contribution in [1.82, 2.24) is 4.72 Å². The average Bonchev–Trinajstić information content (AvgIpc) is 3.15. The highest BCUT2D eigenvalue weighted by Crippen LogP contribution is 2.42. The Hall–Kier alpha value is -3.70. The van der Waals surface area contributed by atoms with E-state index in [1.54, 1.807) is 19.2 Å². The van der Waals surface area contributed by atoms with Crippen molar-refractivity contribution >= 4 is 39.0 Å². The fourth-order valence-electron chi connectivity index (χ4n) is 7.88.